The number of carbonyl (C=O) groups excluding carboxylic acids is 1. The van der Waals surface area contributed by atoms with E-state index in [1.165, 1.54) is 13.2 Å². The number of benzene rings is 1. The number of rotatable bonds is 2. The molecule has 1 aromatic carbocycles. The summed E-state index contributed by atoms with van der Waals surface area (Å²) in [5.74, 6) is -1.36. The fraction of sp³-hybridized carbons (Fsp3) is 0.429. The van der Waals surface area contributed by atoms with Crippen molar-refractivity contribution in [2.75, 3.05) is 13.7 Å². The third-order valence-corrected chi connectivity index (χ3v) is 4.26. The lowest BCUT2D eigenvalue weighted by atomic mass is 10.1. The zero-order valence-electron chi connectivity index (χ0n) is 11.4. The number of nitrogens with zero attached hydrogens (tertiary/aromatic N) is 2. The molecule has 0 amide bonds. The number of hydrogen-bond donors (Lipinski definition) is 0. The molecule has 1 aromatic heterocycles. The van der Waals surface area contributed by atoms with Gasteiger partial charge in [-0.05, 0) is 41.3 Å². The van der Waals surface area contributed by atoms with E-state index in [0.717, 1.165) is 19.3 Å². The number of methoxy groups -OCH3 is 1. The molecule has 0 spiro atoms. The van der Waals surface area contributed by atoms with Crippen molar-refractivity contribution in [1.29, 1.82) is 0 Å². The molecule has 112 valence electrons. The van der Waals surface area contributed by atoms with E-state index in [1.54, 1.807) is 10.9 Å². The average Bonchev–Trinajstić information content (AvgIpc) is 2.93. The van der Waals surface area contributed by atoms with Crippen LogP contribution in [-0.4, -0.2) is 29.5 Å². The van der Waals surface area contributed by atoms with Gasteiger partial charge in [0.25, 0.3) is 0 Å². The predicted molar refractivity (Wildman–Crippen MR) is 77.6 cm³/mol. The number of esters is 1. The van der Waals surface area contributed by atoms with Crippen LogP contribution < -0.4 is 0 Å². The van der Waals surface area contributed by atoms with Crippen molar-refractivity contribution in [3.05, 3.63) is 28.1 Å². The van der Waals surface area contributed by atoms with Crippen molar-refractivity contribution in [3.63, 3.8) is 0 Å². The summed E-state index contributed by atoms with van der Waals surface area (Å²) < 4.78 is 26.7. The number of carbonyl (C=O) groups is 1. The minimum absolute atomic E-state index is 0.109. The Hall–Kier alpha value is -1.47. The van der Waals surface area contributed by atoms with E-state index < -0.39 is 11.8 Å². The Bertz CT molecular complexity index is 695. The molecule has 3 rings (SSSR count). The second-order valence-electron chi connectivity index (χ2n) is 4.88. The molecule has 1 saturated heterocycles. The van der Waals surface area contributed by atoms with Crippen LogP contribution in [0.1, 0.15) is 35.8 Å². The molecule has 1 fully saturated rings. The van der Waals surface area contributed by atoms with Crippen LogP contribution in [0.2, 0.25) is 0 Å². The van der Waals surface area contributed by atoms with Gasteiger partial charge in [0.15, 0.2) is 6.23 Å². The van der Waals surface area contributed by atoms with Gasteiger partial charge in [-0.1, -0.05) is 0 Å². The maximum absolute atomic E-state index is 14.2. The third-order valence-electron chi connectivity index (χ3n) is 3.60. The molecule has 2 heterocycles. The Morgan fingerprint density at radius 3 is 3.05 bits per heavy atom. The fourth-order valence-electron chi connectivity index (χ4n) is 2.59. The molecule has 5 nitrogen and oxygen atoms in total. The highest BCUT2D eigenvalue weighted by Gasteiger charge is 2.26. The monoisotopic (exact) mass is 356 g/mol. The molecule has 0 aliphatic carbocycles. The first-order chi connectivity index (χ1) is 10.1. The van der Waals surface area contributed by atoms with Gasteiger partial charge in [0.1, 0.15) is 11.4 Å². The van der Waals surface area contributed by atoms with Crippen LogP contribution in [0.5, 0.6) is 0 Å². The summed E-state index contributed by atoms with van der Waals surface area (Å²) in [5.41, 5.74) is 0.294. The summed E-state index contributed by atoms with van der Waals surface area (Å²) in [5, 5.41) is 4.94. The normalized spacial score (nSPS) is 18.9. The Kier molecular flexibility index (Phi) is 3.95. The number of hydrogen-bond acceptors (Lipinski definition) is 4. The zero-order valence-corrected chi connectivity index (χ0v) is 13.0. The molecular weight excluding hydrogens is 343 g/mol. The average molecular weight is 357 g/mol. The first-order valence-electron chi connectivity index (χ1n) is 6.68. The van der Waals surface area contributed by atoms with Crippen LogP contribution in [0.4, 0.5) is 4.39 Å². The fourth-order valence-corrected chi connectivity index (χ4v) is 3.08. The van der Waals surface area contributed by atoms with Gasteiger partial charge in [0, 0.05) is 16.5 Å². The van der Waals surface area contributed by atoms with Crippen LogP contribution in [0.3, 0.4) is 0 Å². The summed E-state index contributed by atoms with van der Waals surface area (Å²) >= 11 is 3.30. The van der Waals surface area contributed by atoms with Crippen LogP contribution >= 0.6 is 15.9 Å². The SMILES string of the molecule is COC(=O)c1c(F)cc(Br)c2cnn(C3CCCCO3)c12. The van der Waals surface area contributed by atoms with Crippen molar-refractivity contribution in [3.8, 4) is 0 Å². The first kappa shape index (κ1) is 14.5. The summed E-state index contributed by atoms with van der Waals surface area (Å²) in [7, 11) is 1.23. The molecule has 2 aromatic rings. The number of fused-ring (bicyclic) bond motifs is 1. The lowest BCUT2D eigenvalue weighted by Crippen LogP contribution is -2.20. The van der Waals surface area contributed by atoms with Gasteiger partial charge < -0.3 is 9.47 Å². The maximum atomic E-state index is 14.2. The van der Waals surface area contributed by atoms with Gasteiger partial charge in [-0.15, -0.1) is 0 Å². The lowest BCUT2D eigenvalue weighted by molar-refractivity contribution is -0.0367. The van der Waals surface area contributed by atoms with Crippen LogP contribution in [0.15, 0.2) is 16.7 Å². The second kappa shape index (κ2) is 5.73. The number of ether oxygens (including phenoxy) is 2. The van der Waals surface area contributed by atoms with Crippen LogP contribution in [-0.2, 0) is 9.47 Å². The van der Waals surface area contributed by atoms with Crippen molar-refractivity contribution < 1.29 is 18.7 Å². The lowest BCUT2D eigenvalue weighted by Gasteiger charge is -2.24. The first-order valence-corrected chi connectivity index (χ1v) is 7.48. The zero-order chi connectivity index (χ0) is 15.0. The molecule has 0 N–H and O–H groups in total. The van der Waals surface area contributed by atoms with E-state index in [1.807, 2.05) is 0 Å². The summed E-state index contributed by atoms with van der Waals surface area (Å²) in [6.45, 7) is 0.635. The number of aromatic nitrogens is 2. The maximum Gasteiger partial charge on any atom is 0.343 e. The molecule has 1 unspecified atom stereocenters. The minimum atomic E-state index is -0.720. The summed E-state index contributed by atoms with van der Waals surface area (Å²) in [6, 6.07) is 1.25. The Labute approximate surface area is 129 Å². The van der Waals surface area contributed by atoms with Crippen molar-refractivity contribution in [1.82, 2.24) is 9.78 Å². The smallest absolute Gasteiger partial charge is 0.343 e. The summed E-state index contributed by atoms with van der Waals surface area (Å²) in [4.78, 5) is 11.9. The molecule has 21 heavy (non-hydrogen) atoms. The Balaban J connectivity index is 2.24. The van der Waals surface area contributed by atoms with Crippen LogP contribution in [0, 0.1) is 5.82 Å². The van der Waals surface area contributed by atoms with E-state index >= 15 is 0 Å². The molecule has 0 radical (unpaired) electrons. The standard InChI is InChI=1S/C14H14BrFN2O3/c1-20-14(19)12-10(16)6-9(15)8-7-17-18(13(8)12)11-4-2-3-5-21-11/h6-7,11H,2-5H2,1H3. The molecule has 1 aliphatic rings. The molecule has 1 atom stereocenters. The highest BCUT2D eigenvalue weighted by molar-refractivity contribution is 9.10. The molecule has 1 aliphatic heterocycles. The topological polar surface area (TPSA) is 53.3 Å². The van der Waals surface area contributed by atoms with E-state index in [2.05, 4.69) is 21.0 Å². The second-order valence-corrected chi connectivity index (χ2v) is 5.73. The minimum Gasteiger partial charge on any atom is -0.465 e. The van der Waals surface area contributed by atoms with Crippen molar-refractivity contribution >= 4 is 32.8 Å². The van der Waals surface area contributed by atoms with Crippen molar-refractivity contribution in [2.24, 2.45) is 0 Å². The molecule has 7 heteroatoms. The van der Waals surface area contributed by atoms with Gasteiger partial charge >= 0.3 is 5.97 Å². The van der Waals surface area contributed by atoms with E-state index in [-0.39, 0.29) is 11.8 Å². The van der Waals surface area contributed by atoms with Gasteiger partial charge in [0.05, 0.1) is 18.8 Å². The van der Waals surface area contributed by atoms with Gasteiger partial charge in [0.2, 0.25) is 0 Å². The highest BCUT2D eigenvalue weighted by atomic mass is 79.9. The third kappa shape index (κ3) is 2.44. The summed E-state index contributed by atoms with van der Waals surface area (Å²) in [6.07, 6.45) is 4.11. The van der Waals surface area contributed by atoms with Gasteiger partial charge in [-0.2, -0.15) is 5.10 Å². The Morgan fingerprint density at radius 1 is 1.57 bits per heavy atom. The quantitative estimate of drug-likeness (QED) is 0.773. The van der Waals surface area contributed by atoms with Gasteiger partial charge in [-0.25, -0.2) is 13.9 Å². The van der Waals surface area contributed by atoms with Crippen molar-refractivity contribution in [2.45, 2.75) is 25.5 Å². The molecular formula is C14H14BrFN2O3. The number of halogens is 2. The molecule has 0 bridgehead atoms. The largest absolute Gasteiger partial charge is 0.465 e. The molecule has 0 saturated carbocycles. The predicted octanol–water partition coefficient (Wildman–Crippen LogP) is 3.42. The highest BCUT2D eigenvalue weighted by Crippen LogP contribution is 2.33. The van der Waals surface area contributed by atoms with E-state index in [4.69, 9.17) is 9.47 Å². The van der Waals surface area contributed by atoms with E-state index in [9.17, 15) is 9.18 Å². The van der Waals surface area contributed by atoms with E-state index in [0.29, 0.717) is 22.0 Å². The van der Waals surface area contributed by atoms with Gasteiger partial charge in [-0.3, -0.25) is 0 Å². The Morgan fingerprint density at radius 2 is 2.38 bits per heavy atom. The van der Waals surface area contributed by atoms with Crippen LogP contribution in [0.25, 0.3) is 10.9 Å².